The van der Waals surface area contributed by atoms with Gasteiger partial charge in [-0.25, -0.2) is 8.42 Å². The molecule has 1 amide bonds. The highest BCUT2D eigenvalue weighted by Crippen LogP contribution is 2.23. The topological polar surface area (TPSA) is 105 Å². The zero-order valence-corrected chi connectivity index (χ0v) is 18.8. The third-order valence-corrected chi connectivity index (χ3v) is 5.96. The number of nitrogens with zero attached hydrogens (tertiary/aromatic N) is 3. The van der Waals surface area contributed by atoms with Gasteiger partial charge in [0.2, 0.25) is 27.6 Å². The standard InChI is InChI=1S/C22H26N4O4S/c1-5-19(26(31(4,28)29)18-8-6-7-16(3)13-18)22(27)23-14-20-24-21(25-30-20)17-11-9-15(2)10-12-17/h6-13,19H,5,14H2,1-4H3,(H,23,27)/t19-/m0/s1. The average Bonchev–Trinajstić information content (AvgIpc) is 3.18. The van der Waals surface area contributed by atoms with Gasteiger partial charge in [0.15, 0.2) is 0 Å². The quantitative estimate of drug-likeness (QED) is 0.574. The van der Waals surface area contributed by atoms with Crippen LogP contribution in [0.15, 0.2) is 53.1 Å². The second-order valence-corrected chi connectivity index (χ2v) is 9.28. The Kier molecular flexibility index (Phi) is 6.74. The summed E-state index contributed by atoms with van der Waals surface area (Å²) in [6.45, 7) is 5.62. The first kappa shape index (κ1) is 22.5. The van der Waals surface area contributed by atoms with Gasteiger partial charge in [-0.3, -0.25) is 9.10 Å². The van der Waals surface area contributed by atoms with E-state index in [9.17, 15) is 13.2 Å². The maximum absolute atomic E-state index is 12.9. The van der Waals surface area contributed by atoms with Crippen molar-refractivity contribution in [2.45, 2.75) is 39.8 Å². The number of hydrogen-bond donors (Lipinski definition) is 1. The van der Waals surface area contributed by atoms with Crippen molar-refractivity contribution < 1.29 is 17.7 Å². The first-order valence-corrected chi connectivity index (χ1v) is 11.8. The Morgan fingerprint density at radius 3 is 2.45 bits per heavy atom. The molecule has 0 bridgehead atoms. The molecule has 0 aliphatic heterocycles. The second-order valence-electron chi connectivity index (χ2n) is 7.42. The Morgan fingerprint density at radius 2 is 1.84 bits per heavy atom. The molecule has 0 spiro atoms. The van der Waals surface area contributed by atoms with Gasteiger partial charge in [0.05, 0.1) is 18.5 Å². The Hall–Kier alpha value is -3.20. The fourth-order valence-corrected chi connectivity index (χ4v) is 4.46. The molecule has 164 valence electrons. The number of hydrogen-bond acceptors (Lipinski definition) is 6. The molecule has 0 saturated heterocycles. The SMILES string of the molecule is CC[C@@H](C(=O)NCc1nc(-c2ccc(C)cc2)no1)N(c1cccc(C)c1)S(C)(=O)=O. The van der Waals surface area contributed by atoms with Crippen molar-refractivity contribution in [3.8, 4) is 11.4 Å². The van der Waals surface area contributed by atoms with Crippen molar-refractivity contribution in [1.82, 2.24) is 15.5 Å². The van der Waals surface area contributed by atoms with E-state index in [0.29, 0.717) is 17.9 Å². The van der Waals surface area contributed by atoms with E-state index in [1.807, 2.05) is 44.2 Å². The van der Waals surface area contributed by atoms with E-state index in [1.54, 1.807) is 25.1 Å². The summed E-state index contributed by atoms with van der Waals surface area (Å²) in [6.07, 6.45) is 1.39. The van der Waals surface area contributed by atoms with Crippen LogP contribution in [-0.4, -0.2) is 36.8 Å². The molecule has 31 heavy (non-hydrogen) atoms. The molecule has 0 radical (unpaired) electrons. The zero-order chi connectivity index (χ0) is 22.6. The van der Waals surface area contributed by atoms with Crippen molar-refractivity contribution in [2.75, 3.05) is 10.6 Å². The van der Waals surface area contributed by atoms with Crippen LogP contribution in [0.5, 0.6) is 0 Å². The van der Waals surface area contributed by atoms with Gasteiger partial charge in [0, 0.05) is 5.56 Å². The molecule has 2 aromatic carbocycles. The molecule has 0 fully saturated rings. The summed E-state index contributed by atoms with van der Waals surface area (Å²) in [4.78, 5) is 17.2. The van der Waals surface area contributed by atoms with Crippen molar-refractivity contribution in [3.63, 3.8) is 0 Å². The molecule has 0 aliphatic carbocycles. The molecule has 1 N–H and O–H groups in total. The largest absolute Gasteiger partial charge is 0.345 e. The Balaban J connectivity index is 1.75. The third-order valence-electron chi connectivity index (χ3n) is 4.78. The lowest BCUT2D eigenvalue weighted by molar-refractivity contribution is -0.122. The number of rotatable bonds is 8. The average molecular weight is 443 g/mol. The lowest BCUT2D eigenvalue weighted by atomic mass is 10.1. The van der Waals surface area contributed by atoms with Gasteiger partial charge < -0.3 is 9.84 Å². The lowest BCUT2D eigenvalue weighted by Gasteiger charge is -2.30. The molecule has 1 heterocycles. The molecule has 1 aromatic heterocycles. The number of benzene rings is 2. The molecular formula is C22H26N4O4S. The number of sulfonamides is 1. The smallest absolute Gasteiger partial charge is 0.246 e. The summed E-state index contributed by atoms with van der Waals surface area (Å²) in [6, 6.07) is 13.8. The van der Waals surface area contributed by atoms with Crippen LogP contribution in [0.4, 0.5) is 5.69 Å². The molecule has 0 saturated carbocycles. The number of carbonyl (C=O) groups is 1. The van der Waals surface area contributed by atoms with Gasteiger partial charge >= 0.3 is 0 Å². The van der Waals surface area contributed by atoms with Gasteiger partial charge in [0.25, 0.3) is 0 Å². The minimum Gasteiger partial charge on any atom is -0.345 e. The molecule has 3 aromatic rings. The minimum atomic E-state index is -3.69. The predicted octanol–water partition coefficient (Wildman–Crippen LogP) is 3.21. The third kappa shape index (κ3) is 5.49. The molecular weight excluding hydrogens is 416 g/mol. The van der Waals surface area contributed by atoms with Gasteiger partial charge in [-0.1, -0.05) is 54.0 Å². The Labute approximate surface area is 182 Å². The van der Waals surface area contributed by atoms with Crippen LogP contribution < -0.4 is 9.62 Å². The van der Waals surface area contributed by atoms with Crippen LogP contribution in [0.2, 0.25) is 0 Å². The summed E-state index contributed by atoms with van der Waals surface area (Å²) in [5.41, 5.74) is 3.27. The van der Waals surface area contributed by atoms with E-state index in [-0.39, 0.29) is 12.4 Å². The second kappa shape index (κ2) is 9.30. The van der Waals surface area contributed by atoms with Crippen LogP contribution in [-0.2, 0) is 21.4 Å². The highest BCUT2D eigenvalue weighted by molar-refractivity contribution is 7.92. The van der Waals surface area contributed by atoms with E-state index in [0.717, 1.165) is 27.3 Å². The molecule has 0 aliphatic rings. The summed E-state index contributed by atoms with van der Waals surface area (Å²) in [7, 11) is -3.69. The van der Waals surface area contributed by atoms with Crippen LogP contribution in [0.3, 0.4) is 0 Å². The van der Waals surface area contributed by atoms with Gasteiger partial charge in [0.1, 0.15) is 6.04 Å². The summed E-state index contributed by atoms with van der Waals surface area (Å²) in [5, 5.41) is 6.67. The van der Waals surface area contributed by atoms with Crippen LogP contribution in [0, 0.1) is 13.8 Å². The van der Waals surface area contributed by atoms with E-state index >= 15 is 0 Å². The fraction of sp³-hybridized carbons (Fsp3) is 0.318. The van der Waals surface area contributed by atoms with Gasteiger partial charge in [-0.2, -0.15) is 4.98 Å². The molecule has 0 unspecified atom stereocenters. The number of aryl methyl sites for hydroxylation is 2. The van der Waals surface area contributed by atoms with Crippen molar-refractivity contribution in [2.24, 2.45) is 0 Å². The Morgan fingerprint density at radius 1 is 1.13 bits per heavy atom. The van der Waals surface area contributed by atoms with E-state index in [1.165, 1.54) is 0 Å². The van der Waals surface area contributed by atoms with E-state index < -0.39 is 22.0 Å². The first-order chi connectivity index (χ1) is 14.7. The number of carbonyl (C=O) groups excluding carboxylic acids is 1. The van der Waals surface area contributed by atoms with Crippen LogP contribution in [0.1, 0.15) is 30.4 Å². The van der Waals surface area contributed by atoms with Crippen LogP contribution >= 0.6 is 0 Å². The number of anilines is 1. The normalized spacial score (nSPS) is 12.4. The maximum atomic E-state index is 12.9. The van der Waals surface area contributed by atoms with Gasteiger partial charge in [-0.15, -0.1) is 0 Å². The first-order valence-electron chi connectivity index (χ1n) is 9.92. The van der Waals surface area contributed by atoms with Crippen molar-refractivity contribution >= 4 is 21.6 Å². The van der Waals surface area contributed by atoms with Crippen molar-refractivity contribution in [3.05, 3.63) is 65.5 Å². The highest BCUT2D eigenvalue weighted by atomic mass is 32.2. The number of amides is 1. The molecule has 1 atom stereocenters. The molecule has 8 nitrogen and oxygen atoms in total. The summed E-state index contributed by atoms with van der Waals surface area (Å²) < 4.78 is 31.4. The lowest BCUT2D eigenvalue weighted by Crippen LogP contribution is -2.49. The molecule has 3 rings (SSSR count). The Bertz CT molecular complexity index is 1160. The summed E-state index contributed by atoms with van der Waals surface area (Å²) >= 11 is 0. The minimum absolute atomic E-state index is 0.000383. The fourth-order valence-electron chi connectivity index (χ4n) is 3.25. The zero-order valence-electron chi connectivity index (χ0n) is 18.0. The van der Waals surface area contributed by atoms with Crippen LogP contribution in [0.25, 0.3) is 11.4 Å². The molecule has 9 heteroatoms. The highest BCUT2D eigenvalue weighted by Gasteiger charge is 2.31. The predicted molar refractivity (Wildman–Crippen MR) is 119 cm³/mol. The maximum Gasteiger partial charge on any atom is 0.246 e. The number of nitrogens with one attached hydrogen (secondary N) is 1. The summed E-state index contributed by atoms with van der Waals surface area (Å²) in [5.74, 6) is 0.221. The number of aromatic nitrogens is 2. The van der Waals surface area contributed by atoms with E-state index in [2.05, 4.69) is 15.5 Å². The van der Waals surface area contributed by atoms with Crippen molar-refractivity contribution in [1.29, 1.82) is 0 Å². The van der Waals surface area contributed by atoms with Gasteiger partial charge in [-0.05, 0) is 38.0 Å². The van der Waals surface area contributed by atoms with E-state index in [4.69, 9.17) is 4.52 Å². The monoisotopic (exact) mass is 442 g/mol.